The summed E-state index contributed by atoms with van der Waals surface area (Å²) in [5.41, 5.74) is -0.0170. The van der Waals surface area contributed by atoms with Gasteiger partial charge in [0.1, 0.15) is 6.67 Å². The van der Waals surface area contributed by atoms with Crippen LogP contribution in [0.2, 0.25) is 0 Å². The predicted molar refractivity (Wildman–Crippen MR) is 97.0 cm³/mol. The van der Waals surface area contributed by atoms with Gasteiger partial charge in [-0.3, -0.25) is 4.79 Å². The fourth-order valence-electron chi connectivity index (χ4n) is 3.18. The van der Waals surface area contributed by atoms with Crippen LogP contribution in [0.5, 0.6) is 0 Å². The average molecular weight is 406 g/mol. The van der Waals surface area contributed by atoms with E-state index in [2.05, 4.69) is 22.0 Å². The van der Waals surface area contributed by atoms with Crippen molar-refractivity contribution in [3.8, 4) is 0 Å². The standard InChI is InChI=1S/C18H26F4N4O2/c1-4-10-24(5-2)11-13(3)23-16(27)14-8-6-7-9-15(14)25-12-26(22)28-17(25)18(19,20)21/h6-9,13,17H,4-5,10-12H2,1-3H3,(H,23,27)/t13?,17-/m1/s1. The molecule has 1 N–H and O–H groups in total. The number of hydrogen-bond donors (Lipinski definition) is 1. The topological polar surface area (TPSA) is 48.1 Å². The number of likely N-dealkylation sites (N-methyl/N-ethyl adjacent to an activating group) is 1. The first-order valence-electron chi connectivity index (χ1n) is 9.23. The second-order valence-electron chi connectivity index (χ2n) is 6.71. The molecule has 1 aromatic rings. The second kappa shape index (κ2) is 9.53. The van der Waals surface area contributed by atoms with Gasteiger partial charge in [0, 0.05) is 17.9 Å². The van der Waals surface area contributed by atoms with Gasteiger partial charge in [-0.05, 0) is 38.6 Å². The SMILES string of the molecule is CCCN(CC)CC(C)NC(=O)c1ccccc1N1CN(F)O[C@@H]1C(F)(F)F. The van der Waals surface area contributed by atoms with Gasteiger partial charge in [-0.1, -0.05) is 26.0 Å². The number of carbonyl (C=O) groups excluding carboxylic acids is 1. The molecule has 1 heterocycles. The second-order valence-corrected chi connectivity index (χ2v) is 6.71. The minimum atomic E-state index is -4.82. The summed E-state index contributed by atoms with van der Waals surface area (Å²) in [5, 5.41) is 2.42. The summed E-state index contributed by atoms with van der Waals surface area (Å²) in [6.07, 6.45) is -6.34. The Kier molecular flexibility index (Phi) is 7.62. The van der Waals surface area contributed by atoms with Gasteiger partial charge >= 0.3 is 6.18 Å². The third-order valence-electron chi connectivity index (χ3n) is 4.40. The Morgan fingerprint density at radius 1 is 1.36 bits per heavy atom. The van der Waals surface area contributed by atoms with Gasteiger partial charge in [0.2, 0.25) is 0 Å². The van der Waals surface area contributed by atoms with E-state index in [9.17, 15) is 22.4 Å². The number of carbonyl (C=O) groups is 1. The third-order valence-corrected chi connectivity index (χ3v) is 4.40. The normalized spacial score (nSPS) is 19.3. The summed E-state index contributed by atoms with van der Waals surface area (Å²) in [5.74, 6) is -0.520. The zero-order valence-corrected chi connectivity index (χ0v) is 16.2. The molecule has 28 heavy (non-hydrogen) atoms. The van der Waals surface area contributed by atoms with Crippen molar-refractivity contribution in [1.29, 1.82) is 0 Å². The Morgan fingerprint density at radius 2 is 2.04 bits per heavy atom. The molecular weight excluding hydrogens is 380 g/mol. The number of anilines is 1. The number of amides is 1. The van der Waals surface area contributed by atoms with Crippen LogP contribution in [0.15, 0.2) is 24.3 Å². The van der Waals surface area contributed by atoms with Crippen LogP contribution in [0, 0.1) is 0 Å². The first-order chi connectivity index (χ1) is 13.2. The maximum atomic E-state index is 13.4. The highest BCUT2D eigenvalue weighted by Crippen LogP contribution is 2.36. The highest BCUT2D eigenvalue weighted by Gasteiger charge is 2.52. The summed E-state index contributed by atoms with van der Waals surface area (Å²) in [4.78, 5) is 19.8. The van der Waals surface area contributed by atoms with Crippen LogP contribution in [-0.2, 0) is 4.84 Å². The van der Waals surface area contributed by atoms with E-state index in [0.29, 0.717) is 11.4 Å². The van der Waals surface area contributed by atoms with Crippen molar-refractivity contribution in [3.05, 3.63) is 29.8 Å². The fraction of sp³-hybridized carbons (Fsp3) is 0.611. The van der Waals surface area contributed by atoms with E-state index >= 15 is 0 Å². The molecule has 6 nitrogen and oxygen atoms in total. The number of nitrogens with one attached hydrogen (secondary N) is 1. The van der Waals surface area contributed by atoms with E-state index < -0.39 is 25.0 Å². The average Bonchev–Trinajstić information content (AvgIpc) is 3.03. The van der Waals surface area contributed by atoms with Gasteiger partial charge in [0.15, 0.2) is 0 Å². The Bertz CT molecular complexity index is 659. The first kappa shape index (κ1) is 22.4. The Labute approximate surface area is 161 Å². The number of hydrogen-bond acceptors (Lipinski definition) is 5. The van der Waals surface area contributed by atoms with Crippen molar-refractivity contribution in [1.82, 2.24) is 15.5 Å². The van der Waals surface area contributed by atoms with Crippen molar-refractivity contribution >= 4 is 11.6 Å². The summed E-state index contributed by atoms with van der Waals surface area (Å²) >= 11 is 0. The van der Waals surface area contributed by atoms with E-state index in [1.165, 1.54) is 18.2 Å². The largest absolute Gasteiger partial charge is 0.435 e. The molecule has 0 bridgehead atoms. The predicted octanol–water partition coefficient (Wildman–Crippen LogP) is 3.32. The molecule has 1 aromatic carbocycles. The zero-order chi connectivity index (χ0) is 20.9. The molecule has 10 heteroatoms. The number of halogens is 4. The molecule has 0 spiro atoms. The van der Waals surface area contributed by atoms with E-state index in [1.54, 1.807) is 6.07 Å². The van der Waals surface area contributed by atoms with Crippen LogP contribution in [-0.4, -0.2) is 60.8 Å². The van der Waals surface area contributed by atoms with Crippen LogP contribution in [0.3, 0.4) is 0 Å². The Hall–Kier alpha value is -1.91. The van der Waals surface area contributed by atoms with E-state index in [0.717, 1.165) is 19.5 Å². The van der Waals surface area contributed by atoms with E-state index in [1.807, 2.05) is 13.8 Å². The molecule has 1 amide bonds. The number of nitrogens with zero attached hydrogens (tertiary/aromatic N) is 3. The van der Waals surface area contributed by atoms with Crippen LogP contribution >= 0.6 is 0 Å². The van der Waals surface area contributed by atoms with Crippen LogP contribution in [0.25, 0.3) is 0 Å². The summed E-state index contributed by atoms with van der Waals surface area (Å²) in [6, 6.07) is 5.58. The van der Waals surface area contributed by atoms with Crippen LogP contribution in [0.1, 0.15) is 37.6 Å². The molecule has 1 unspecified atom stereocenters. The third kappa shape index (κ3) is 5.55. The van der Waals surface area contributed by atoms with E-state index in [-0.39, 0.29) is 22.6 Å². The minimum Gasteiger partial charge on any atom is -0.348 e. The van der Waals surface area contributed by atoms with Gasteiger partial charge in [-0.25, -0.2) is 4.84 Å². The Balaban J connectivity index is 2.18. The van der Waals surface area contributed by atoms with Gasteiger partial charge < -0.3 is 15.1 Å². The number of benzene rings is 1. The molecular formula is C18H26F4N4O2. The summed E-state index contributed by atoms with van der Waals surface area (Å²) < 4.78 is 53.0. The molecule has 1 aliphatic heterocycles. The van der Waals surface area contributed by atoms with Crippen molar-refractivity contribution in [2.45, 2.75) is 45.6 Å². The fourth-order valence-corrected chi connectivity index (χ4v) is 3.18. The van der Waals surface area contributed by atoms with Crippen molar-refractivity contribution < 1.29 is 27.3 Å². The number of hydroxylamine groups is 1. The molecule has 0 aromatic heterocycles. The molecule has 0 saturated carbocycles. The highest BCUT2D eigenvalue weighted by molar-refractivity contribution is 6.00. The Morgan fingerprint density at radius 3 is 2.64 bits per heavy atom. The summed E-state index contributed by atoms with van der Waals surface area (Å²) in [6.45, 7) is 7.49. The lowest BCUT2D eigenvalue weighted by molar-refractivity contribution is -0.319. The minimum absolute atomic E-state index is 0.0287. The molecule has 0 aliphatic carbocycles. The molecule has 2 atom stereocenters. The van der Waals surface area contributed by atoms with Crippen LogP contribution in [0.4, 0.5) is 23.3 Å². The van der Waals surface area contributed by atoms with Gasteiger partial charge in [0.05, 0.1) is 11.3 Å². The van der Waals surface area contributed by atoms with Crippen LogP contribution < -0.4 is 10.2 Å². The lowest BCUT2D eigenvalue weighted by Gasteiger charge is -2.27. The number of rotatable bonds is 8. The maximum absolute atomic E-state index is 13.4. The van der Waals surface area contributed by atoms with Crippen molar-refractivity contribution in [3.63, 3.8) is 0 Å². The van der Waals surface area contributed by atoms with Crippen molar-refractivity contribution in [2.24, 2.45) is 0 Å². The molecule has 1 aliphatic rings. The smallest absolute Gasteiger partial charge is 0.348 e. The highest BCUT2D eigenvalue weighted by atomic mass is 19.4. The molecule has 158 valence electrons. The molecule has 1 saturated heterocycles. The molecule has 1 fully saturated rings. The monoisotopic (exact) mass is 406 g/mol. The lowest BCUT2D eigenvalue weighted by Crippen LogP contribution is -2.44. The number of alkyl halides is 3. The zero-order valence-electron chi connectivity index (χ0n) is 16.2. The van der Waals surface area contributed by atoms with Gasteiger partial charge in [-0.15, -0.1) is 4.48 Å². The molecule has 0 radical (unpaired) electrons. The quantitative estimate of drug-likeness (QED) is 0.530. The lowest BCUT2D eigenvalue weighted by atomic mass is 10.1. The number of para-hydroxylation sites is 1. The first-order valence-corrected chi connectivity index (χ1v) is 9.23. The summed E-state index contributed by atoms with van der Waals surface area (Å²) in [7, 11) is 0. The maximum Gasteiger partial charge on any atom is 0.435 e. The molecule has 2 rings (SSSR count). The van der Waals surface area contributed by atoms with Gasteiger partial charge in [-0.2, -0.15) is 13.2 Å². The van der Waals surface area contributed by atoms with E-state index in [4.69, 9.17) is 0 Å². The van der Waals surface area contributed by atoms with Gasteiger partial charge in [0.25, 0.3) is 12.1 Å². The van der Waals surface area contributed by atoms with Crippen molar-refractivity contribution in [2.75, 3.05) is 31.2 Å².